The fraction of sp³-hybridized carbons (Fsp3) is 0.412. The quantitative estimate of drug-likeness (QED) is 0.706. The smallest absolute Gasteiger partial charge is 0.161 e. The number of rotatable bonds is 2. The Labute approximate surface area is 137 Å². The van der Waals surface area contributed by atoms with E-state index in [9.17, 15) is 0 Å². The molecule has 0 spiro atoms. The molecule has 1 aliphatic carbocycles. The number of halogens is 1. The van der Waals surface area contributed by atoms with Crippen LogP contribution >= 0.6 is 27.3 Å². The number of thiophene rings is 1. The summed E-state index contributed by atoms with van der Waals surface area (Å²) in [4.78, 5) is 3.21. The van der Waals surface area contributed by atoms with Crippen molar-refractivity contribution in [1.82, 2.24) is 0 Å². The van der Waals surface area contributed by atoms with Crippen LogP contribution in [0, 0.1) is 0 Å². The van der Waals surface area contributed by atoms with Crippen molar-refractivity contribution >= 4 is 27.3 Å². The molecule has 0 amide bonds. The van der Waals surface area contributed by atoms with Crippen molar-refractivity contribution in [3.8, 4) is 11.5 Å². The lowest BCUT2D eigenvalue weighted by atomic mass is 10.1. The second-order valence-electron chi connectivity index (χ2n) is 5.57. The van der Waals surface area contributed by atoms with Gasteiger partial charge in [-0.25, -0.2) is 0 Å². The number of hydrogen-bond acceptors (Lipinski definition) is 3. The Morgan fingerprint density at radius 3 is 2.71 bits per heavy atom. The summed E-state index contributed by atoms with van der Waals surface area (Å²) in [6.45, 7) is 1.47. The second kappa shape index (κ2) is 5.65. The van der Waals surface area contributed by atoms with Gasteiger partial charge in [-0.3, -0.25) is 0 Å². The molecule has 1 atom stereocenters. The van der Waals surface area contributed by atoms with Gasteiger partial charge in [0, 0.05) is 16.2 Å². The second-order valence-corrected chi connectivity index (χ2v) is 7.65. The normalized spacial score (nSPS) is 18.1. The molecule has 21 heavy (non-hydrogen) atoms. The first-order valence-corrected chi connectivity index (χ1v) is 9.19. The highest BCUT2D eigenvalue weighted by molar-refractivity contribution is 9.09. The molecule has 1 unspecified atom stereocenters. The van der Waals surface area contributed by atoms with Crippen LogP contribution in [0.15, 0.2) is 24.3 Å². The summed E-state index contributed by atoms with van der Waals surface area (Å²) in [6.07, 6.45) is 4.76. The summed E-state index contributed by atoms with van der Waals surface area (Å²) >= 11 is 5.80. The van der Waals surface area contributed by atoms with Crippen molar-refractivity contribution in [1.29, 1.82) is 0 Å². The molecule has 2 heterocycles. The molecule has 1 aromatic carbocycles. The van der Waals surface area contributed by atoms with E-state index < -0.39 is 0 Å². The van der Waals surface area contributed by atoms with E-state index in [1.54, 1.807) is 10.4 Å². The first-order valence-electron chi connectivity index (χ1n) is 7.46. The summed E-state index contributed by atoms with van der Waals surface area (Å²) < 4.78 is 11.5. The lowest BCUT2D eigenvalue weighted by molar-refractivity contribution is 0.297. The number of benzene rings is 1. The van der Waals surface area contributed by atoms with E-state index >= 15 is 0 Å². The van der Waals surface area contributed by atoms with Crippen LogP contribution in [0.3, 0.4) is 0 Å². The third kappa shape index (κ3) is 2.59. The molecule has 0 radical (unpaired) electrons. The van der Waals surface area contributed by atoms with Crippen LogP contribution in [0.2, 0.25) is 0 Å². The van der Waals surface area contributed by atoms with Crippen LogP contribution in [-0.2, 0) is 12.8 Å². The molecule has 0 saturated carbocycles. The number of ether oxygens (including phenoxy) is 2. The molecule has 0 N–H and O–H groups in total. The number of alkyl halides is 1. The predicted octanol–water partition coefficient (Wildman–Crippen LogP) is 4.88. The van der Waals surface area contributed by atoms with Crippen LogP contribution < -0.4 is 9.47 Å². The average molecular weight is 365 g/mol. The monoisotopic (exact) mass is 364 g/mol. The van der Waals surface area contributed by atoms with Gasteiger partial charge >= 0.3 is 0 Å². The average Bonchev–Trinajstić information content (AvgIpc) is 3.00. The van der Waals surface area contributed by atoms with Gasteiger partial charge in [0.05, 0.1) is 18.0 Å². The van der Waals surface area contributed by atoms with Crippen LogP contribution in [0.5, 0.6) is 11.5 Å². The number of fused-ring (bicyclic) bond motifs is 2. The summed E-state index contributed by atoms with van der Waals surface area (Å²) in [7, 11) is 0. The highest BCUT2D eigenvalue weighted by Gasteiger charge is 2.21. The lowest BCUT2D eigenvalue weighted by Gasteiger charge is -2.12. The summed E-state index contributed by atoms with van der Waals surface area (Å²) in [5, 5.41) is 0. The topological polar surface area (TPSA) is 18.5 Å². The van der Waals surface area contributed by atoms with Crippen molar-refractivity contribution in [2.45, 2.75) is 30.5 Å². The Hall–Kier alpha value is -1.000. The van der Waals surface area contributed by atoms with Gasteiger partial charge in [0.15, 0.2) is 11.5 Å². The van der Waals surface area contributed by atoms with E-state index in [-0.39, 0.29) is 4.83 Å². The molecule has 0 fully saturated rings. The molecule has 1 aromatic heterocycles. The first kappa shape index (κ1) is 13.6. The largest absolute Gasteiger partial charge is 0.490 e. The molecular weight excluding hydrogens is 348 g/mol. The van der Waals surface area contributed by atoms with Crippen LogP contribution in [0.25, 0.3) is 0 Å². The van der Waals surface area contributed by atoms with E-state index in [0.717, 1.165) is 31.1 Å². The maximum atomic E-state index is 5.79. The molecule has 4 rings (SSSR count). The van der Waals surface area contributed by atoms with E-state index in [1.165, 1.54) is 29.7 Å². The van der Waals surface area contributed by atoms with Crippen molar-refractivity contribution in [2.24, 2.45) is 0 Å². The SMILES string of the molecule is BrC(c1ccc2c(c1)OCCCO2)c1cc2c(s1)CCC2. The first-order chi connectivity index (χ1) is 10.3. The minimum atomic E-state index is 0.241. The van der Waals surface area contributed by atoms with Crippen molar-refractivity contribution < 1.29 is 9.47 Å². The van der Waals surface area contributed by atoms with Crippen molar-refractivity contribution in [2.75, 3.05) is 13.2 Å². The Balaban J connectivity index is 1.64. The molecule has 0 bridgehead atoms. The molecule has 1 aliphatic heterocycles. The Bertz CT molecular complexity index is 643. The minimum absolute atomic E-state index is 0.241. The van der Waals surface area contributed by atoms with Gasteiger partial charge in [-0.1, -0.05) is 22.0 Å². The van der Waals surface area contributed by atoms with Crippen LogP contribution in [0.1, 0.15) is 38.6 Å². The summed E-state index contributed by atoms with van der Waals surface area (Å²) in [5.41, 5.74) is 2.79. The van der Waals surface area contributed by atoms with Crippen LogP contribution in [-0.4, -0.2) is 13.2 Å². The Kier molecular flexibility index (Phi) is 3.67. The maximum absolute atomic E-state index is 5.79. The number of hydrogen-bond donors (Lipinski definition) is 0. The van der Waals surface area contributed by atoms with Gasteiger partial charge in [0.25, 0.3) is 0 Å². The number of aryl methyl sites for hydroxylation is 2. The molecule has 110 valence electrons. The molecule has 0 saturated heterocycles. The summed E-state index contributed by atoms with van der Waals surface area (Å²) in [6, 6.07) is 8.66. The lowest BCUT2D eigenvalue weighted by Crippen LogP contribution is -1.97. The third-order valence-corrected chi connectivity index (χ3v) is 6.71. The zero-order valence-electron chi connectivity index (χ0n) is 11.7. The third-order valence-electron chi connectivity index (χ3n) is 4.08. The van der Waals surface area contributed by atoms with Gasteiger partial charge < -0.3 is 9.47 Å². The van der Waals surface area contributed by atoms with Gasteiger partial charge in [0.2, 0.25) is 0 Å². The van der Waals surface area contributed by atoms with Gasteiger partial charge in [-0.2, -0.15) is 0 Å². The fourth-order valence-electron chi connectivity index (χ4n) is 2.98. The highest BCUT2D eigenvalue weighted by Crippen LogP contribution is 2.42. The van der Waals surface area contributed by atoms with Gasteiger partial charge in [-0.15, -0.1) is 11.3 Å². The van der Waals surface area contributed by atoms with E-state index in [4.69, 9.17) is 9.47 Å². The maximum Gasteiger partial charge on any atom is 0.161 e. The minimum Gasteiger partial charge on any atom is -0.490 e. The van der Waals surface area contributed by atoms with Crippen molar-refractivity contribution in [3.05, 3.63) is 45.1 Å². The molecule has 2 aliphatic rings. The Morgan fingerprint density at radius 1 is 1.00 bits per heavy atom. The van der Waals surface area contributed by atoms with E-state index in [2.05, 4.69) is 34.1 Å². The fourth-order valence-corrected chi connectivity index (χ4v) is 4.94. The summed E-state index contributed by atoms with van der Waals surface area (Å²) in [5.74, 6) is 1.74. The van der Waals surface area contributed by atoms with Crippen molar-refractivity contribution in [3.63, 3.8) is 0 Å². The molecule has 4 heteroatoms. The van der Waals surface area contributed by atoms with Gasteiger partial charge in [0.1, 0.15) is 0 Å². The molecule has 2 nitrogen and oxygen atoms in total. The zero-order valence-corrected chi connectivity index (χ0v) is 14.1. The van der Waals surface area contributed by atoms with Crippen LogP contribution in [0.4, 0.5) is 0 Å². The van der Waals surface area contributed by atoms with E-state index in [0.29, 0.717) is 0 Å². The van der Waals surface area contributed by atoms with Gasteiger partial charge in [-0.05, 0) is 48.6 Å². The molecule has 2 aromatic rings. The zero-order chi connectivity index (χ0) is 14.2. The predicted molar refractivity (Wildman–Crippen MR) is 89.2 cm³/mol. The highest BCUT2D eigenvalue weighted by atomic mass is 79.9. The standard InChI is InChI=1S/C17H17BrO2S/c18-17(16-10-11-3-1-4-15(11)21-16)12-5-6-13-14(9-12)20-8-2-7-19-13/h5-6,9-10,17H,1-4,7-8H2. The molecular formula is C17H17BrO2S. The van der Waals surface area contributed by atoms with E-state index in [1.807, 2.05) is 17.4 Å². The Morgan fingerprint density at radius 2 is 1.86 bits per heavy atom.